The Kier molecular flexibility index (Phi) is 47.3. The summed E-state index contributed by atoms with van der Waals surface area (Å²) in [6.07, 6.45) is 62.0. The first-order valence-electron chi connectivity index (χ1n) is 27.2. The zero-order valence-corrected chi connectivity index (χ0v) is 44.2. The fraction of sp³-hybridized carbons (Fsp3) is 0.712. The van der Waals surface area contributed by atoms with Crippen molar-refractivity contribution in [2.45, 2.75) is 225 Å². The van der Waals surface area contributed by atoms with Gasteiger partial charge in [0.15, 0.2) is 12.4 Å². The number of aliphatic carboxylic acids is 1. The smallest absolute Gasteiger partial charge is 0.306 e. The molecule has 0 aliphatic rings. The van der Waals surface area contributed by atoms with E-state index in [1.165, 1.54) is 77.0 Å². The van der Waals surface area contributed by atoms with E-state index in [1.807, 2.05) is 21.1 Å². The molecule has 9 heteroatoms. The van der Waals surface area contributed by atoms with Gasteiger partial charge in [0.2, 0.25) is 0 Å². The Morgan fingerprint density at radius 3 is 1.25 bits per heavy atom. The minimum absolute atomic E-state index is 0.142. The highest BCUT2D eigenvalue weighted by Gasteiger charge is 2.22. The molecule has 0 radical (unpaired) electrons. The van der Waals surface area contributed by atoms with Crippen LogP contribution in [0.1, 0.15) is 213 Å². The summed E-state index contributed by atoms with van der Waals surface area (Å²) in [5.74, 6) is -2.31. The lowest BCUT2D eigenvalue weighted by molar-refractivity contribution is -0.870. The Morgan fingerprint density at radius 2 is 0.838 bits per heavy atom. The Morgan fingerprint density at radius 1 is 0.456 bits per heavy atom. The molecule has 9 nitrogen and oxygen atoms in total. The van der Waals surface area contributed by atoms with Crippen LogP contribution in [0.4, 0.5) is 0 Å². The number of nitrogens with zero attached hydrogens (tertiary/aromatic N) is 1. The van der Waals surface area contributed by atoms with Crippen LogP contribution in [-0.2, 0) is 33.3 Å². The highest BCUT2D eigenvalue weighted by molar-refractivity contribution is 5.70. The lowest BCUT2D eigenvalue weighted by atomic mass is 10.0. The van der Waals surface area contributed by atoms with Gasteiger partial charge < -0.3 is 33.3 Å². The molecule has 0 rings (SSSR count). The van der Waals surface area contributed by atoms with E-state index in [2.05, 4.69) is 98.9 Å². The Balaban J connectivity index is 4.23. The third kappa shape index (κ3) is 50.3. The van der Waals surface area contributed by atoms with E-state index in [1.54, 1.807) is 0 Å². The predicted molar refractivity (Wildman–Crippen MR) is 283 cm³/mol. The molecular formula is C59H101NO8. The second kappa shape index (κ2) is 49.9. The van der Waals surface area contributed by atoms with Gasteiger partial charge in [-0.1, -0.05) is 202 Å². The van der Waals surface area contributed by atoms with Gasteiger partial charge in [0.1, 0.15) is 13.2 Å². The highest BCUT2D eigenvalue weighted by Crippen LogP contribution is 2.15. The number of carbonyl (C=O) groups excluding carboxylic acids is 3. The molecule has 0 aromatic rings. The molecule has 0 aliphatic heterocycles. The van der Waals surface area contributed by atoms with Crippen molar-refractivity contribution in [3.8, 4) is 0 Å². The molecule has 68 heavy (non-hydrogen) atoms. The fourth-order valence-electron chi connectivity index (χ4n) is 7.17. The molecule has 0 aliphatic carbocycles. The van der Waals surface area contributed by atoms with Crippen LogP contribution in [-0.4, -0.2) is 82.3 Å². The number of hydrogen-bond acceptors (Lipinski definition) is 8. The number of allylic oxidation sites excluding steroid dienone is 14. The Labute approximate surface area is 417 Å². The van der Waals surface area contributed by atoms with Crippen LogP contribution in [0, 0.1) is 0 Å². The van der Waals surface area contributed by atoms with Crippen LogP contribution >= 0.6 is 0 Å². The van der Waals surface area contributed by atoms with E-state index in [-0.39, 0.29) is 38.6 Å². The standard InChI is InChI=1S/C59H101NO8/c1-6-8-10-12-14-16-18-20-22-23-24-25-26-27-28-29-30-31-32-33-34-35-36-38-40-42-44-46-48-50-57(62)68-55(54-67-59(58(63)64)65-52-51-60(3,4)5)53-66-56(61)49-47-45-43-41-39-37-21-19-17-15-13-11-9-7-2/h8,10,13-16,19-22,24-25,27-28,55,59H,6-7,9,11-12,17-18,23,26,29-54H2,1-5H3/b10-8-,15-13-,16-14-,21-19-,22-20-,25-24-,28-27-. The van der Waals surface area contributed by atoms with Crippen molar-refractivity contribution in [2.24, 2.45) is 0 Å². The van der Waals surface area contributed by atoms with Gasteiger partial charge in [-0.3, -0.25) is 9.59 Å². The molecule has 0 aromatic carbocycles. The van der Waals surface area contributed by atoms with Gasteiger partial charge in [0.25, 0.3) is 0 Å². The van der Waals surface area contributed by atoms with Crippen LogP contribution in [0.2, 0.25) is 0 Å². The van der Waals surface area contributed by atoms with Crippen LogP contribution in [0.25, 0.3) is 0 Å². The van der Waals surface area contributed by atoms with Crippen LogP contribution < -0.4 is 5.11 Å². The SMILES string of the molecule is CC/C=C\C/C=C\C/C=C\C/C=C\C/C=C\CCCCCCCCCCCCCCCC(=O)OC(COC(=O)CCCCCCC/C=C\C/C=C\CCCC)COC(OCC[N+](C)(C)C)C(=O)[O-]. The lowest BCUT2D eigenvalue weighted by Crippen LogP contribution is -2.44. The number of ether oxygens (including phenoxy) is 4. The summed E-state index contributed by atoms with van der Waals surface area (Å²) in [6.45, 7) is 4.57. The number of hydrogen-bond donors (Lipinski definition) is 0. The third-order valence-corrected chi connectivity index (χ3v) is 11.4. The molecular weight excluding hydrogens is 851 g/mol. The first kappa shape index (κ1) is 64.5. The van der Waals surface area contributed by atoms with E-state index in [0.717, 1.165) is 103 Å². The van der Waals surface area contributed by atoms with Crippen LogP contribution in [0.15, 0.2) is 85.1 Å². The largest absolute Gasteiger partial charge is 0.545 e. The first-order valence-corrected chi connectivity index (χ1v) is 27.2. The molecule has 0 heterocycles. The summed E-state index contributed by atoms with van der Waals surface area (Å²) in [6, 6.07) is 0. The molecule has 0 N–H and O–H groups in total. The molecule has 390 valence electrons. The second-order valence-corrected chi connectivity index (χ2v) is 19.1. The molecule has 0 spiro atoms. The average molecular weight is 952 g/mol. The summed E-state index contributed by atoms with van der Waals surface area (Å²) in [7, 11) is 5.91. The number of carboxylic acids is 1. The van der Waals surface area contributed by atoms with Gasteiger partial charge in [-0.25, -0.2) is 0 Å². The fourth-order valence-corrected chi connectivity index (χ4v) is 7.17. The quantitative estimate of drug-likeness (QED) is 0.0195. The summed E-state index contributed by atoms with van der Waals surface area (Å²) in [4.78, 5) is 37.2. The van der Waals surface area contributed by atoms with Crippen molar-refractivity contribution in [2.75, 3.05) is 47.5 Å². The van der Waals surface area contributed by atoms with Gasteiger partial charge in [0, 0.05) is 12.8 Å². The maximum Gasteiger partial charge on any atom is 0.306 e. The maximum atomic E-state index is 12.8. The van der Waals surface area contributed by atoms with Crippen molar-refractivity contribution in [3.05, 3.63) is 85.1 Å². The van der Waals surface area contributed by atoms with Gasteiger partial charge in [-0.2, -0.15) is 0 Å². The van der Waals surface area contributed by atoms with Crippen LogP contribution in [0.5, 0.6) is 0 Å². The summed E-state index contributed by atoms with van der Waals surface area (Å²) in [5.41, 5.74) is 0. The number of unbranched alkanes of at least 4 members (excludes halogenated alkanes) is 20. The molecule has 2 unspecified atom stereocenters. The minimum atomic E-state index is -1.63. The minimum Gasteiger partial charge on any atom is -0.545 e. The molecule has 0 aromatic heterocycles. The van der Waals surface area contributed by atoms with Crippen molar-refractivity contribution in [1.82, 2.24) is 0 Å². The zero-order valence-electron chi connectivity index (χ0n) is 44.2. The lowest BCUT2D eigenvalue weighted by Gasteiger charge is -2.26. The van der Waals surface area contributed by atoms with E-state index < -0.39 is 24.3 Å². The number of esters is 2. The van der Waals surface area contributed by atoms with Gasteiger partial charge in [0.05, 0.1) is 40.3 Å². The van der Waals surface area contributed by atoms with E-state index in [0.29, 0.717) is 17.4 Å². The second-order valence-electron chi connectivity index (χ2n) is 19.1. The molecule has 2 atom stereocenters. The topological polar surface area (TPSA) is 111 Å². The first-order chi connectivity index (χ1) is 33.1. The number of carbonyl (C=O) groups is 3. The van der Waals surface area contributed by atoms with Gasteiger partial charge >= 0.3 is 11.9 Å². The summed E-state index contributed by atoms with van der Waals surface area (Å²) < 4.78 is 22.6. The highest BCUT2D eigenvalue weighted by atomic mass is 16.7. The van der Waals surface area contributed by atoms with Crippen LogP contribution in [0.3, 0.4) is 0 Å². The normalized spacial score (nSPS) is 13.5. The van der Waals surface area contributed by atoms with Crippen molar-refractivity contribution in [1.29, 1.82) is 0 Å². The van der Waals surface area contributed by atoms with Crippen molar-refractivity contribution in [3.63, 3.8) is 0 Å². The predicted octanol–water partition coefficient (Wildman–Crippen LogP) is 14.3. The third-order valence-electron chi connectivity index (χ3n) is 11.4. The number of carboxylic acid groups (broad SMARTS) is 1. The summed E-state index contributed by atoms with van der Waals surface area (Å²) >= 11 is 0. The Bertz CT molecular complexity index is 1390. The number of likely N-dealkylation sites (N-methyl/N-ethyl adjacent to an activating group) is 1. The number of quaternary nitrogens is 1. The molecule has 0 fully saturated rings. The maximum absolute atomic E-state index is 12.8. The van der Waals surface area contributed by atoms with E-state index >= 15 is 0 Å². The van der Waals surface area contributed by atoms with E-state index in [9.17, 15) is 19.5 Å². The van der Waals surface area contributed by atoms with E-state index in [4.69, 9.17) is 18.9 Å². The van der Waals surface area contributed by atoms with Gasteiger partial charge in [-0.15, -0.1) is 0 Å². The van der Waals surface area contributed by atoms with Crippen molar-refractivity contribution < 1.29 is 42.9 Å². The zero-order chi connectivity index (χ0) is 49.9. The molecule has 0 bridgehead atoms. The molecule has 0 saturated heterocycles. The monoisotopic (exact) mass is 952 g/mol. The molecule has 0 saturated carbocycles. The van der Waals surface area contributed by atoms with Crippen molar-refractivity contribution >= 4 is 17.9 Å². The van der Waals surface area contributed by atoms with Gasteiger partial charge in [-0.05, 0) is 83.5 Å². The summed E-state index contributed by atoms with van der Waals surface area (Å²) in [5, 5.41) is 11.7. The number of rotatable bonds is 49. The Hall–Kier alpha value is -3.53. The average Bonchev–Trinajstić information content (AvgIpc) is 3.30. The molecule has 0 amide bonds.